The second kappa shape index (κ2) is 6.29. The molecule has 0 nitrogen and oxygen atoms in total. The van der Waals surface area contributed by atoms with Gasteiger partial charge in [0, 0.05) is 19.2 Å². The fourth-order valence-corrected chi connectivity index (χ4v) is 3.09. The minimum atomic E-state index is 0.638. The van der Waals surface area contributed by atoms with Crippen LogP contribution >= 0.6 is 57.4 Å². The quantitative estimate of drug-likeness (QED) is 0.388. The van der Waals surface area contributed by atoms with Crippen molar-refractivity contribution in [1.29, 1.82) is 0 Å². The van der Waals surface area contributed by atoms with Gasteiger partial charge in [-0.3, -0.25) is 0 Å². The highest BCUT2D eigenvalue weighted by Gasteiger charge is 2.04. The summed E-state index contributed by atoms with van der Waals surface area (Å²) in [6.45, 7) is 0. The molecule has 0 spiro atoms. The third-order valence-electron chi connectivity index (χ3n) is 2.35. The molecule has 0 N–H and O–H groups in total. The Bertz CT molecular complexity index is 588. The van der Waals surface area contributed by atoms with Crippen LogP contribution in [-0.4, -0.2) is 0 Å². The van der Waals surface area contributed by atoms with E-state index in [1.165, 1.54) is 0 Å². The first kappa shape index (κ1) is 14.2. The maximum Gasteiger partial charge on any atom is 0.0503 e. The van der Waals surface area contributed by atoms with Gasteiger partial charge in [-0.1, -0.05) is 53.0 Å². The summed E-state index contributed by atoms with van der Waals surface area (Å²) >= 11 is 20.1. The van der Waals surface area contributed by atoms with Crippen LogP contribution in [0.3, 0.4) is 0 Å². The highest BCUT2D eigenvalue weighted by Crippen LogP contribution is 2.32. The van der Waals surface area contributed by atoms with Crippen molar-refractivity contribution in [2.75, 3.05) is 0 Å². The highest BCUT2D eigenvalue weighted by molar-refractivity contribution is 14.1. The molecular formula is C14H8Cl3I. The first-order valence-electron chi connectivity index (χ1n) is 5.14. The van der Waals surface area contributed by atoms with Crippen molar-refractivity contribution in [2.24, 2.45) is 0 Å². The third-order valence-corrected chi connectivity index (χ3v) is 4.04. The van der Waals surface area contributed by atoms with Crippen LogP contribution in [0.15, 0.2) is 42.5 Å². The maximum atomic E-state index is 6.16. The van der Waals surface area contributed by atoms with E-state index in [1.807, 2.05) is 42.5 Å². The van der Waals surface area contributed by atoms with Crippen LogP contribution in [0.25, 0.3) is 9.66 Å². The molecular weight excluding hydrogens is 401 g/mol. The van der Waals surface area contributed by atoms with E-state index in [0.717, 1.165) is 19.7 Å². The van der Waals surface area contributed by atoms with E-state index in [2.05, 4.69) is 22.6 Å². The average Bonchev–Trinajstić information content (AvgIpc) is 2.32. The predicted molar refractivity (Wildman–Crippen MR) is 89.8 cm³/mol. The van der Waals surface area contributed by atoms with Crippen molar-refractivity contribution in [3.63, 3.8) is 0 Å². The van der Waals surface area contributed by atoms with Crippen molar-refractivity contribution < 1.29 is 0 Å². The number of rotatable bonds is 2. The standard InChI is InChI=1S/C14H8Cl3I/c15-10-3-1-9(2-4-10)7-14(18)12-6-5-11(16)8-13(12)17/h1-8H/b14-7-. The lowest BCUT2D eigenvalue weighted by Gasteiger charge is -2.04. The van der Waals surface area contributed by atoms with E-state index in [0.29, 0.717) is 10.0 Å². The van der Waals surface area contributed by atoms with Crippen molar-refractivity contribution >= 4 is 67.0 Å². The van der Waals surface area contributed by atoms with Gasteiger partial charge >= 0.3 is 0 Å². The van der Waals surface area contributed by atoms with Gasteiger partial charge in [-0.05, 0) is 58.5 Å². The Kier molecular flexibility index (Phi) is 4.96. The molecule has 0 aliphatic heterocycles. The molecule has 0 atom stereocenters. The SMILES string of the molecule is Clc1ccc(/C=C(\I)c2ccc(Cl)cc2Cl)cc1. The zero-order chi connectivity index (χ0) is 13.1. The van der Waals surface area contributed by atoms with Gasteiger partial charge in [-0.2, -0.15) is 0 Å². The van der Waals surface area contributed by atoms with Gasteiger partial charge in [-0.25, -0.2) is 0 Å². The summed E-state index contributed by atoms with van der Waals surface area (Å²) in [5, 5.41) is 2.02. The molecule has 0 radical (unpaired) electrons. The fraction of sp³-hybridized carbons (Fsp3) is 0. The summed E-state index contributed by atoms with van der Waals surface area (Å²) in [5.74, 6) is 0. The van der Waals surface area contributed by atoms with Crippen molar-refractivity contribution in [3.05, 3.63) is 68.7 Å². The molecule has 18 heavy (non-hydrogen) atoms. The summed E-state index contributed by atoms with van der Waals surface area (Å²) in [6.07, 6.45) is 2.05. The Morgan fingerprint density at radius 2 is 1.50 bits per heavy atom. The van der Waals surface area contributed by atoms with Gasteiger partial charge in [0.15, 0.2) is 0 Å². The summed E-state index contributed by atoms with van der Waals surface area (Å²) in [7, 11) is 0. The van der Waals surface area contributed by atoms with E-state index in [4.69, 9.17) is 34.8 Å². The van der Waals surface area contributed by atoms with Crippen LogP contribution in [0.2, 0.25) is 15.1 Å². The monoisotopic (exact) mass is 408 g/mol. The van der Waals surface area contributed by atoms with E-state index in [1.54, 1.807) is 6.07 Å². The Balaban J connectivity index is 2.35. The van der Waals surface area contributed by atoms with Gasteiger partial charge in [0.1, 0.15) is 0 Å². The van der Waals surface area contributed by atoms with Gasteiger partial charge < -0.3 is 0 Å². The summed E-state index contributed by atoms with van der Waals surface area (Å²) < 4.78 is 1.05. The Hall–Kier alpha value is -0.220. The molecule has 0 heterocycles. The summed E-state index contributed by atoms with van der Waals surface area (Å²) in [5.41, 5.74) is 2.05. The van der Waals surface area contributed by atoms with Crippen LogP contribution in [0, 0.1) is 0 Å². The Labute approximate surface area is 135 Å². The largest absolute Gasteiger partial charge is 0.0843 e. The van der Waals surface area contributed by atoms with Crippen LogP contribution in [0.5, 0.6) is 0 Å². The van der Waals surface area contributed by atoms with Gasteiger partial charge in [-0.15, -0.1) is 0 Å². The highest BCUT2D eigenvalue weighted by atomic mass is 127. The molecule has 0 aliphatic rings. The predicted octanol–water partition coefficient (Wildman–Crippen LogP) is 6.58. The molecule has 2 rings (SSSR count). The lowest BCUT2D eigenvalue weighted by atomic mass is 10.1. The molecule has 4 heteroatoms. The van der Waals surface area contributed by atoms with Crippen molar-refractivity contribution in [2.45, 2.75) is 0 Å². The molecule has 2 aromatic carbocycles. The molecule has 0 aliphatic carbocycles. The number of halogens is 4. The van der Waals surface area contributed by atoms with E-state index < -0.39 is 0 Å². The average molecular weight is 409 g/mol. The summed E-state index contributed by atoms with van der Waals surface area (Å²) in [4.78, 5) is 0. The van der Waals surface area contributed by atoms with Crippen LogP contribution < -0.4 is 0 Å². The molecule has 0 saturated heterocycles. The minimum Gasteiger partial charge on any atom is -0.0843 e. The second-order valence-electron chi connectivity index (χ2n) is 3.67. The first-order valence-corrected chi connectivity index (χ1v) is 7.36. The molecule has 0 unspecified atom stereocenters. The molecule has 0 saturated carbocycles. The molecule has 0 bridgehead atoms. The summed E-state index contributed by atoms with van der Waals surface area (Å²) in [6, 6.07) is 13.1. The third kappa shape index (κ3) is 3.64. The van der Waals surface area contributed by atoms with Crippen LogP contribution in [-0.2, 0) is 0 Å². The molecule has 92 valence electrons. The Morgan fingerprint density at radius 3 is 2.11 bits per heavy atom. The van der Waals surface area contributed by atoms with Crippen molar-refractivity contribution in [1.82, 2.24) is 0 Å². The maximum absolute atomic E-state index is 6.16. The zero-order valence-corrected chi connectivity index (χ0v) is 13.6. The lowest BCUT2D eigenvalue weighted by molar-refractivity contribution is 1.64. The first-order chi connectivity index (χ1) is 8.56. The lowest BCUT2D eigenvalue weighted by Crippen LogP contribution is -1.80. The second-order valence-corrected chi connectivity index (χ2v) is 6.11. The Morgan fingerprint density at radius 1 is 0.889 bits per heavy atom. The van der Waals surface area contributed by atoms with E-state index >= 15 is 0 Å². The van der Waals surface area contributed by atoms with Crippen LogP contribution in [0.4, 0.5) is 0 Å². The topological polar surface area (TPSA) is 0 Å². The van der Waals surface area contributed by atoms with Crippen LogP contribution in [0.1, 0.15) is 11.1 Å². The number of benzene rings is 2. The molecule has 0 aromatic heterocycles. The van der Waals surface area contributed by atoms with Crippen molar-refractivity contribution in [3.8, 4) is 0 Å². The van der Waals surface area contributed by atoms with E-state index in [9.17, 15) is 0 Å². The normalized spacial score (nSPS) is 11.7. The molecule has 0 fully saturated rings. The van der Waals surface area contributed by atoms with Gasteiger partial charge in [0.05, 0.1) is 5.02 Å². The van der Waals surface area contributed by atoms with E-state index in [-0.39, 0.29) is 0 Å². The smallest absolute Gasteiger partial charge is 0.0503 e. The number of hydrogen-bond donors (Lipinski definition) is 0. The fourth-order valence-electron chi connectivity index (χ4n) is 1.47. The van der Waals surface area contributed by atoms with Gasteiger partial charge in [0.25, 0.3) is 0 Å². The minimum absolute atomic E-state index is 0.638. The molecule has 2 aromatic rings. The molecule has 0 amide bonds. The van der Waals surface area contributed by atoms with Gasteiger partial charge in [0.2, 0.25) is 0 Å². The number of hydrogen-bond acceptors (Lipinski definition) is 0. The zero-order valence-electron chi connectivity index (χ0n) is 9.13.